The maximum absolute atomic E-state index is 12.8. The number of nitrogens with zero attached hydrogens (tertiary/aromatic N) is 4. The lowest BCUT2D eigenvalue weighted by Crippen LogP contribution is -2.10. The number of alkyl halides is 4. The van der Waals surface area contributed by atoms with Crippen molar-refractivity contribution in [3.05, 3.63) is 115 Å². The first-order valence-electron chi connectivity index (χ1n) is 15.1. The zero-order valence-corrected chi connectivity index (χ0v) is 30.0. The summed E-state index contributed by atoms with van der Waals surface area (Å²) in [6.45, 7) is -5.89. The number of halogens is 8. The van der Waals surface area contributed by atoms with Crippen LogP contribution in [-0.4, -0.2) is 42.5 Å². The summed E-state index contributed by atoms with van der Waals surface area (Å²) in [5.74, 6) is 1.09. The fourth-order valence-electron chi connectivity index (χ4n) is 6.64. The highest BCUT2D eigenvalue weighted by atomic mass is 79.9. The Morgan fingerprint density at radius 3 is 1.42 bits per heavy atom. The normalized spacial score (nSPS) is 19.6. The standard InChI is InChI=1S/2C17H12BrClF2N2O2/c2*18-8-1-3-11-13(5-8)23-12(7-14(24)16(23)22-11)10-6-9(19)2-4-15(10)25-17(20)21/h2*1-6,12,14,17,24H,7H2/t12-,14+;12-,14-/m11/s1. The van der Waals surface area contributed by atoms with Crippen LogP contribution in [0.25, 0.3) is 22.1 Å². The molecule has 0 unspecified atom stereocenters. The number of ether oxygens (including phenoxy) is 2. The Labute approximate surface area is 308 Å². The van der Waals surface area contributed by atoms with Crippen LogP contribution in [0.2, 0.25) is 10.0 Å². The van der Waals surface area contributed by atoms with Gasteiger partial charge in [-0.25, -0.2) is 9.97 Å². The third-order valence-corrected chi connectivity index (χ3v) is 10.0. The topological polar surface area (TPSA) is 94.6 Å². The van der Waals surface area contributed by atoms with Crippen molar-refractivity contribution >= 4 is 77.1 Å². The van der Waals surface area contributed by atoms with Gasteiger partial charge in [-0.3, -0.25) is 0 Å². The van der Waals surface area contributed by atoms with Crippen LogP contribution in [-0.2, 0) is 0 Å². The fourth-order valence-corrected chi connectivity index (χ4v) is 7.70. The molecule has 0 amide bonds. The number of hydrogen-bond donors (Lipinski definition) is 2. The van der Waals surface area contributed by atoms with E-state index < -0.39 is 37.5 Å². The lowest BCUT2D eigenvalue weighted by Gasteiger charge is -2.19. The highest BCUT2D eigenvalue weighted by Gasteiger charge is 2.37. The maximum Gasteiger partial charge on any atom is 0.387 e. The van der Waals surface area contributed by atoms with Gasteiger partial charge in [0.1, 0.15) is 35.4 Å². The smallest absolute Gasteiger partial charge is 0.387 e. The predicted octanol–water partition coefficient (Wildman–Crippen LogP) is 10.2. The highest BCUT2D eigenvalue weighted by molar-refractivity contribution is 9.10. The summed E-state index contributed by atoms with van der Waals surface area (Å²) in [5, 5.41) is 21.6. The molecule has 0 radical (unpaired) electrons. The van der Waals surface area contributed by atoms with E-state index in [1.54, 1.807) is 12.1 Å². The van der Waals surface area contributed by atoms with Crippen molar-refractivity contribution in [2.24, 2.45) is 0 Å². The molecule has 2 aromatic heterocycles. The first kappa shape index (κ1) is 35.0. The summed E-state index contributed by atoms with van der Waals surface area (Å²) in [4.78, 5) is 8.95. The van der Waals surface area contributed by atoms with E-state index >= 15 is 0 Å². The van der Waals surface area contributed by atoms with Gasteiger partial charge in [0, 0.05) is 43.0 Å². The van der Waals surface area contributed by atoms with Crippen LogP contribution < -0.4 is 9.47 Å². The Morgan fingerprint density at radius 2 is 1.04 bits per heavy atom. The van der Waals surface area contributed by atoms with Crippen LogP contribution in [0.5, 0.6) is 11.5 Å². The molecule has 2 aliphatic heterocycles. The lowest BCUT2D eigenvalue weighted by molar-refractivity contribution is -0.0514. The molecule has 8 nitrogen and oxygen atoms in total. The van der Waals surface area contributed by atoms with Crippen LogP contribution >= 0.6 is 55.1 Å². The van der Waals surface area contributed by atoms with E-state index in [-0.39, 0.29) is 11.5 Å². The van der Waals surface area contributed by atoms with Crippen LogP contribution in [0.15, 0.2) is 81.7 Å². The molecule has 0 saturated heterocycles. The molecular formula is C34H24Br2Cl2F4N4O4. The molecule has 4 atom stereocenters. The van der Waals surface area contributed by atoms with Crippen LogP contribution in [0.3, 0.4) is 0 Å². The van der Waals surface area contributed by atoms with Gasteiger partial charge >= 0.3 is 13.2 Å². The van der Waals surface area contributed by atoms with E-state index in [0.717, 1.165) is 31.0 Å². The molecule has 0 fully saturated rings. The molecule has 2 aliphatic rings. The number of aliphatic hydroxyl groups excluding tert-OH is 2. The maximum atomic E-state index is 12.8. The van der Waals surface area contributed by atoms with Crippen molar-refractivity contribution < 1.29 is 37.2 Å². The van der Waals surface area contributed by atoms with E-state index in [1.807, 2.05) is 45.5 Å². The largest absolute Gasteiger partial charge is 0.434 e. The van der Waals surface area contributed by atoms with Crippen LogP contribution in [0.1, 0.15) is 59.9 Å². The van der Waals surface area contributed by atoms with E-state index in [2.05, 4.69) is 51.3 Å². The van der Waals surface area contributed by atoms with Gasteiger partial charge in [-0.2, -0.15) is 17.6 Å². The van der Waals surface area contributed by atoms with Crippen LogP contribution in [0, 0.1) is 0 Å². The number of rotatable bonds is 6. The minimum absolute atomic E-state index is 0.0429. The zero-order valence-electron chi connectivity index (χ0n) is 25.3. The molecule has 16 heteroatoms. The Bertz CT molecular complexity index is 2080. The van der Waals surface area contributed by atoms with Gasteiger partial charge in [0.05, 0.1) is 34.2 Å². The number of benzene rings is 4. The number of aromatic nitrogens is 4. The molecule has 4 aromatic carbocycles. The van der Waals surface area contributed by atoms with Gasteiger partial charge in [0.2, 0.25) is 0 Å². The molecule has 6 aromatic rings. The van der Waals surface area contributed by atoms with Gasteiger partial charge in [0.15, 0.2) is 0 Å². The summed E-state index contributed by atoms with van der Waals surface area (Å²) in [6.07, 6.45) is -0.973. The molecule has 0 saturated carbocycles. The third kappa shape index (κ3) is 6.69. The number of imidazole rings is 2. The molecule has 50 heavy (non-hydrogen) atoms. The second kappa shape index (κ2) is 14.0. The summed E-state index contributed by atoms with van der Waals surface area (Å²) >= 11 is 19.0. The molecule has 0 aliphatic carbocycles. The van der Waals surface area contributed by atoms with E-state index in [9.17, 15) is 27.8 Å². The summed E-state index contributed by atoms with van der Waals surface area (Å²) in [5.41, 5.74) is 4.03. The fraction of sp³-hybridized carbons (Fsp3) is 0.235. The Morgan fingerprint density at radius 1 is 0.640 bits per heavy atom. The lowest BCUT2D eigenvalue weighted by atomic mass is 10.0. The van der Waals surface area contributed by atoms with Gasteiger partial charge in [0.25, 0.3) is 0 Å². The number of fused-ring (bicyclic) bond motifs is 6. The minimum Gasteiger partial charge on any atom is -0.434 e. The highest BCUT2D eigenvalue weighted by Crippen LogP contribution is 2.46. The average molecular weight is 859 g/mol. The van der Waals surface area contributed by atoms with Crippen molar-refractivity contribution in [3.63, 3.8) is 0 Å². The van der Waals surface area contributed by atoms with Gasteiger partial charge in [-0.15, -0.1) is 0 Å². The molecular weight excluding hydrogens is 835 g/mol. The van der Waals surface area contributed by atoms with Gasteiger partial charge in [-0.1, -0.05) is 55.1 Å². The minimum atomic E-state index is -2.95. The second-order valence-corrected chi connectivity index (χ2v) is 14.3. The summed E-state index contributed by atoms with van der Waals surface area (Å²) in [7, 11) is 0. The van der Waals surface area contributed by atoms with Gasteiger partial charge in [-0.05, 0) is 72.8 Å². The van der Waals surface area contributed by atoms with Crippen molar-refractivity contribution in [3.8, 4) is 11.5 Å². The molecule has 2 N–H and O–H groups in total. The molecule has 260 valence electrons. The van der Waals surface area contributed by atoms with E-state index in [1.165, 1.54) is 24.3 Å². The molecule has 0 bridgehead atoms. The van der Waals surface area contributed by atoms with Crippen LogP contribution in [0.4, 0.5) is 17.6 Å². The van der Waals surface area contributed by atoms with Crippen molar-refractivity contribution in [2.45, 2.75) is 50.4 Å². The predicted molar refractivity (Wildman–Crippen MR) is 186 cm³/mol. The molecule has 0 spiro atoms. The van der Waals surface area contributed by atoms with E-state index in [0.29, 0.717) is 45.7 Å². The summed E-state index contributed by atoms with van der Waals surface area (Å²) in [6, 6.07) is 19.4. The third-order valence-electron chi connectivity index (χ3n) is 8.56. The average Bonchev–Trinajstić information content (AvgIpc) is 3.79. The molecule has 4 heterocycles. The number of hydrogen-bond acceptors (Lipinski definition) is 6. The van der Waals surface area contributed by atoms with Crippen molar-refractivity contribution in [1.29, 1.82) is 0 Å². The Hall–Kier alpha value is -3.40. The van der Waals surface area contributed by atoms with Crippen molar-refractivity contribution in [2.75, 3.05) is 0 Å². The SMILES string of the molecule is O[C@@H]1C[C@H](c2cc(Cl)ccc2OC(F)F)n2c1nc1ccc(Br)cc12.O[C@H]1C[C@H](c2cc(Cl)ccc2OC(F)F)n2c1nc1ccc(Br)cc12. The quantitative estimate of drug-likeness (QED) is 0.162. The zero-order chi connectivity index (χ0) is 35.4. The Kier molecular flexibility index (Phi) is 9.78. The summed E-state index contributed by atoms with van der Waals surface area (Å²) < 4.78 is 65.9. The second-order valence-electron chi connectivity index (χ2n) is 11.6. The number of aliphatic hydroxyl groups is 2. The first-order chi connectivity index (χ1) is 23.9. The van der Waals surface area contributed by atoms with Crippen molar-refractivity contribution in [1.82, 2.24) is 19.1 Å². The van der Waals surface area contributed by atoms with E-state index in [4.69, 9.17) is 23.2 Å². The van der Waals surface area contributed by atoms with Gasteiger partial charge < -0.3 is 28.8 Å². The first-order valence-corrected chi connectivity index (χ1v) is 17.4. The molecule has 8 rings (SSSR count). The Balaban J connectivity index is 0.000000157. The monoisotopic (exact) mass is 856 g/mol.